The maximum Gasteiger partial charge on any atom is 0.163 e. The molecule has 1 aliphatic rings. The SMILES string of the molecule is CC(NCc1cc2c(s1)CCC2)c1cccc(F)c1F. The molecule has 1 aromatic heterocycles. The molecule has 0 bridgehead atoms. The molecule has 2 aromatic rings. The number of fused-ring (bicyclic) bond motifs is 1. The Morgan fingerprint density at radius 3 is 2.95 bits per heavy atom. The Morgan fingerprint density at radius 1 is 1.30 bits per heavy atom. The molecule has 106 valence electrons. The van der Waals surface area contributed by atoms with Crippen LogP contribution in [-0.2, 0) is 19.4 Å². The number of thiophene rings is 1. The zero-order valence-electron chi connectivity index (χ0n) is 11.4. The smallest absolute Gasteiger partial charge is 0.163 e. The lowest BCUT2D eigenvalue weighted by atomic mass is 10.1. The second-order valence-corrected chi connectivity index (χ2v) is 6.48. The number of nitrogens with one attached hydrogen (secondary N) is 1. The van der Waals surface area contributed by atoms with Gasteiger partial charge < -0.3 is 5.32 Å². The van der Waals surface area contributed by atoms with Crippen LogP contribution in [0.2, 0.25) is 0 Å². The van der Waals surface area contributed by atoms with Gasteiger partial charge in [-0.1, -0.05) is 12.1 Å². The van der Waals surface area contributed by atoms with Gasteiger partial charge in [-0.3, -0.25) is 0 Å². The number of benzene rings is 1. The third-order valence-electron chi connectivity index (χ3n) is 3.83. The van der Waals surface area contributed by atoms with Gasteiger partial charge in [0.05, 0.1) is 0 Å². The summed E-state index contributed by atoms with van der Waals surface area (Å²) in [4.78, 5) is 2.77. The summed E-state index contributed by atoms with van der Waals surface area (Å²) in [5.41, 5.74) is 1.85. The van der Waals surface area contributed by atoms with E-state index in [9.17, 15) is 8.78 Å². The molecule has 20 heavy (non-hydrogen) atoms. The standard InChI is InChI=1S/C16H17F2NS/c1-10(13-5-3-6-14(17)16(13)18)19-9-12-8-11-4-2-7-15(11)20-12/h3,5-6,8,10,19H,2,4,7,9H2,1H3. The normalized spacial score (nSPS) is 15.3. The lowest BCUT2D eigenvalue weighted by molar-refractivity contribution is 0.473. The first-order chi connectivity index (χ1) is 9.65. The summed E-state index contributed by atoms with van der Waals surface area (Å²) in [6, 6.07) is 6.36. The predicted octanol–water partition coefficient (Wildman–Crippen LogP) is 4.37. The van der Waals surface area contributed by atoms with E-state index >= 15 is 0 Å². The van der Waals surface area contributed by atoms with Gasteiger partial charge in [-0.05, 0) is 43.9 Å². The molecule has 4 heteroatoms. The lowest BCUT2D eigenvalue weighted by Crippen LogP contribution is -2.19. The third-order valence-corrected chi connectivity index (χ3v) is 5.07. The molecule has 0 spiro atoms. The van der Waals surface area contributed by atoms with Gasteiger partial charge in [0.1, 0.15) is 0 Å². The van der Waals surface area contributed by atoms with Gasteiger partial charge in [0.25, 0.3) is 0 Å². The number of hydrogen-bond acceptors (Lipinski definition) is 2. The Hall–Kier alpha value is -1.26. The lowest BCUT2D eigenvalue weighted by Gasteiger charge is -2.14. The van der Waals surface area contributed by atoms with E-state index in [0.29, 0.717) is 12.1 Å². The van der Waals surface area contributed by atoms with Crippen LogP contribution in [-0.4, -0.2) is 0 Å². The van der Waals surface area contributed by atoms with Crippen LogP contribution < -0.4 is 5.32 Å². The minimum atomic E-state index is -0.786. The molecular weight excluding hydrogens is 276 g/mol. The molecule has 1 atom stereocenters. The van der Waals surface area contributed by atoms with E-state index in [4.69, 9.17) is 0 Å². The highest BCUT2D eigenvalue weighted by Crippen LogP contribution is 2.31. The van der Waals surface area contributed by atoms with E-state index < -0.39 is 11.6 Å². The number of halogens is 2. The first-order valence-electron chi connectivity index (χ1n) is 6.93. The van der Waals surface area contributed by atoms with Crippen molar-refractivity contribution < 1.29 is 8.78 Å². The summed E-state index contributed by atoms with van der Waals surface area (Å²) in [5, 5.41) is 3.28. The molecule has 0 aliphatic heterocycles. The summed E-state index contributed by atoms with van der Waals surface area (Å²) in [7, 11) is 0. The van der Waals surface area contributed by atoms with Crippen LogP contribution in [0.3, 0.4) is 0 Å². The monoisotopic (exact) mass is 293 g/mol. The van der Waals surface area contributed by atoms with Crippen LogP contribution in [0.25, 0.3) is 0 Å². The van der Waals surface area contributed by atoms with Crippen molar-refractivity contribution in [1.82, 2.24) is 5.32 Å². The van der Waals surface area contributed by atoms with Crippen molar-refractivity contribution >= 4 is 11.3 Å². The Kier molecular flexibility index (Phi) is 3.85. The van der Waals surface area contributed by atoms with Crippen molar-refractivity contribution in [1.29, 1.82) is 0 Å². The molecular formula is C16H17F2NS. The fourth-order valence-corrected chi connectivity index (χ4v) is 3.91. The Bertz CT molecular complexity index is 599. The maximum absolute atomic E-state index is 13.7. The van der Waals surface area contributed by atoms with Crippen molar-refractivity contribution in [2.45, 2.75) is 38.8 Å². The van der Waals surface area contributed by atoms with Crippen LogP contribution in [0.5, 0.6) is 0 Å². The molecule has 1 nitrogen and oxygen atoms in total. The fourth-order valence-electron chi connectivity index (χ4n) is 2.70. The highest BCUT2D eigenvalue weighted by atomic mass is 32.1. The molecule has 0 fully saturated rings. The van der Waals surface area contributed by atoms with Gasteiger partial charge in [0.15, 0.2) is 11.6 Å². The van der Waals surface area contributed by atoms with Gasteiger partial charge in [0, 0.05) is 27.9 Å². The molecule has 1 unspecified atom stereocenters. The molecule has 1 heterocycles. The van der Waals surface area contributed by atoms with E-state index in [1.807, 2.05) is 18.3 Å². The molecule has 1 aliphatic carbocycles. The first kappa shape index (κ1) is 13.7. The van der Waals surface area contributed by atoms with Gasteiger partial charge >= 0.3 is 0 Å². The van der Waals surface area contributed by atoms with Crippen LogP contribution >= 0.6 is 11.3 Å². The average molecular weight is 293 g/mol. The quantitative estimate of drug-likeness (QED) is 0.883. The molecule has 0 amide bonds. The van der Waals surface area contributed by atoms with E-state index in [1.54, 1.807) is 12.1 Å². The van der Waals surface area contributed by atoms with E-state index in [0.717, 1.165) is 6.07 Å². The average Bonchev–Trinajstić information content (AvgIpc) is 3.00. The van der Waals surface area contributed by atoms with Crippen LogP contribution in [0.4, 0.5) is 8.78 Å². The zero-order valence-corrected chi connectivity index (χ0v) is 12.2. The van der Waals surface area contributed by atoms with Crippen molar-refractivity contribution in [2.75, 3.05) is 0 Å². The number of aryl methyl sites for hydroxylation is 2. The molecule has 1 N–H and O–H groups in total. The Labute approximate surface area is 121 Å². The highest BCUT2D eigenvalue weighted by Gasteiger charge is 2.17. The fraction of sp³-hybridized carbons (Fsp3) is 0.375. The molecule has 0 saturated carbocycles. The van der Waals surface area contributed by atoms with Gasteiger partial charge in [-0.2, -0.15) is 0 Å². The second kappa shape index (κ2) is 5.62. The number of hydrogen-bond donors (Lipinski definition) is 1. The van der Waals surface area contributed by atoms with Crippen molar-refractivity contribution in [3.05, 3.63) is 56.8 Å². The minimum absolute atomic E-state index is 0.206. The summed E-state index contributed by atoms with van der Waals surface area (Å²) in [5.74, 6) is -1.53. The molecule has 3 rings (SSSR count). The van der Waals surface area contributed by atoms with Crippen LogP contribution in [0.15, 0.2) is 24.3 Å². The van der Waals surface area contributed by atoms with Gasteiger partial charge in [0.2, 0.25) is 0 Å². The maximum atomic E-state index is 13.7. The van der Waals surface area contributed by atoms with Gasteiger partial charge in [-0.25, -0.2) is 8.78 Å². The minimum Gasteiger partial charge on any atom is -0.305 e. The summed E-state index contributed by atoms with van der Waals surface area (Å²) >= 11 is 1.84. The van der Waals surface area contributed by atoms with Crippen LogP contribution in [0.1, 0.15) is 40.3 Å². The highest BCUT2D eigenvalue weighted by molar-refractivity contribution is 7.12. The summed E-state index contributed by atoms with van der Waals surface area (Å²) in [6.07, 6.45) is 3.63. The van der Waals surface area contributed by atoms with Crippen LogP contribution in [0, 0.1) is 11.6 Å². The summed E-state index contributed by atoms with van der Waals surface area (Å²) < 4.78 is 26.9. The molecule has 0 radical (unpaired) electrons. The van der Waals surface area contributed by atoms with Crippen molar-refractivity contribution in [2.24, 2.45) is 0 Å². The zero-order chi connectivity index (χ0) is 14.1. The van der Waals surface area contributed by atoms with E-state index in [-0.39, 0.29) is 6.04 Å². The van der Waals surface area contributed by atoms with Crippen molar-refractivity contribution in [3.8, 4) is 0 Å². The predicted molar refractivity (Wildman–Crippen MR) is 78.0 cm³/mol. The van der Waals surface area contributed by atoms with E-state index in [2.05, 4.69) is 11.4 Å². The van der Waals surface area contributed by atoms with Gasteiger partial charge in [-0.15, -0.1) is 11.3 Å². The third kappa shape index (κ3) is 2.63. The number of rotatable bonds is 4. The largest absolute Gasteiger partial charge is 0.305 e. The second-order valence-electron chi connectivity index (χ2n) is 5.26. The Balaban J connectivity index is 1.66. The van der Waals surface area contributed by atoms with Crippen molar-refractivity contribution in [3.63, 3.8) is 0 Å². The van der Waals surface area contributed by atoms with E-state index in [1.165, 1.54) is 34.6 Å². The summed E-state index contributed by atoms with van der Waals surface area (Å²) in [6.45, 7) is 2.56. The molecule has 1 aromatic carbocycles. The topological polar surface area (TPSA) is 12.0 Å². The Morgan fingerprint density at radius 2 is 2.15 bits per heavy atom. The molecule has 0 saturated heterocycles. The first-order valence-corrected chi connectivity index (χ1v) is 7.74.